The Kier molecular flexibility index (Phi) is 2.87. The van der Waals surface area contributed by atoms with Crippen LogP contribution in [0.25, 0.3) is 0 Å². The molecule has 0 atom stereocenters. The smallest absolute Gasteiger partial charge is 0.148 e. The molecule has 0 N–H and O–H groups in total. The third kappa shape index (κ3) is 1.85. The van der Waals surface area contributed by atoms with Gasteiger partial charge in [0.05, 0.1) is 6.61 Å². The molecule has 0 aromatic heterocycles. The molecule has 12 heavy (non-hydrogen) atoms. The molecule has 0 aliphatic carbocycles. The zero-order valence-electron chi connectivity index (χ0n) is 6.40. The Bertz CT molecular complexity index is 289. The van der Waals surface area contributed by atoms with Gasteiger partial charge in [-0.1, -0.05) is 11.6 Å². The number of hydrogen-bond donors (Lipinski definition) is 0. The van der Waals surface area contributed by atoms with Gasteiger partial charge in [0.2, 0.25) is 0 Å². The van der Waals surface area contributed by atoms with Crippen molar-refractivity contribution in [2.24, 2.45) is 0 Å². The van der Waals surface area contributed by atoms with Crippen LogP contribution in [0.1, 0.15) is 6.92 Å². The molecule has 1 aromatic carbocycles. The van der Waals surface area contributed by atoms with Crippen molar-refractivity contribution >= 4 is 11.6 Å². The van der Waals surface area contributed by atoms with Crippen molar-refractivity contribution in [2.75, 3.05) is 6.61 Å². The van der Waals surface area contributed by atoms with E-state index in [0.717, 1.165) is 6.07 Å². The molecule has 0 aliphatic rings. The highest BCUT2D eigenvalue weighted by Crippen LogP contribution is 2.28. The highest BCUT2D eigenvalue weighted by Gasteiger charge is 2.09. The highest BCUT2D eigenvalue weighted by molar-refractivity contribution is 6.32. The number of halogens is 3. The van der Waals surface area contributed by atoms with Gasteiger partial charge >= 0.3 is 0 Å². The van der Waals surface area contributed by atoms with Gasteiger partial charge in [0.15, 0.2) is 0 Å². The molecule has 4 heteroatoms. The summed E-state index contributed by atoms with van der Waals surface area (Å²) < 4.78 is 30.2. The lowest BCUT2D eigenvalue weighted by Gasteiger charge is -2.05. The fourth-order valence-corrected chi connectivity index (χ4v) is 0.957. The average Bonchev–Trinajstić information content (AvgIpc) is 2.00. The first-order chi connectivity index (χ1) is 5.65. The van der Waals surface area contributed by atoms with Crippen molar-refractivity contribution in [1.29, 1.82) is 0 Å². The van der Waals surface area contributed by atoms with E-state index in [9.17, 15) is 8.78 Å². The van der Waals surface area contributed by atoms with E-state index in [1.807, 2.05) is 0 Å². The molecule has 1 nitrogen and oxygen atoms in total. The maximum absolute atomic E-state index is 12.7. The van der Waals surface area contributed by atoms with E-state index in [1.165, 1.54) is 0 Å². The minimum absolute atomic E-state index is 0.0386. The number of benzene rings is 1. The average molecular weight is 193 g/mol. The summed E-state index contributed by atoms with van der Waals surface area (Å²) in [6.45, 7) is 2.03. The molecule has 0 fully saturated rings. The lowest BCUT2D eigenvalue weighted by Crippen LogP contribution is -1.94. The lowest BCUT2D eigenvalue weighted by molar-refractivity contribution is 0.336. The third-order valence-electron chi connectivity index (χ3n) is 1.26. The summed E-state index contributed by atoms with van der Waals surface area (Å²) in [7, 11) is 0. The first-order valence-electron chi connectivity index (χ1n) is 3.42. The largest absolute Gasteiger partial charge is 0.492 e. The molecule has 1 rings (SSSR count). The molecule has 0 aliphatic heterocycles. The zero-order valence-corrected chi connectivity index (χ0v) is 7.16. The predicted octanol–water partition coefficient (Wildman–Crippen LogP) is 3.02. The molecule has 0 unspecified atom stereocenters. The Morgan fingerprint density at radius 2 is 2.08 bits per heavy atom. The summed E-state index contributed by atoms with van der Waals surface area (Å²) >= 11 is 5.48. The van der Waals surface area contributed by atoms with Gasteiger partial charge in [0.25, 0.3) is 0 Å². The van der Waals surface area contributed by atoms with Crippen LogP contribution in [0.5, 0.6) is 5.75 Å². The van der Waals surface area contributed by atoms with Crippen molar-refractivity contribution < 1.29 is 13.5 Å². The fourth-order valence-electron chi connectivity index (χ4n) is 0.793. The Labute approximate surface area is 73.9 Å². The van der Waals surface area contributed by atoms with E-state index in [1.54, 1.807) is 6.92 Å². The van der Waals surface area contributed by atoms with Crippen LogP contribution in [0.2, 0.25) is 5.02 Å². The van der Waals surface area contributed by atoms with Crippen LogP contribution in [0.3, 0.4) is 0 Å². The molecule has 0 amide bonds. The maximum Gasteiger partial charge on any atom is 0.148 e. The standard InChI is InChI=1S/C8H7ClF2O/c1-2-12-7-4-5(10)3-6(11)8(7)9/h3-4H,2H2,1H3. The first-order valence-corrected chi connectivity index (χ1v) is 3.80. The Balaban J connectivity index is 3.09. The monoisotopic (exact) mass is 192 g/mol. The summed E-state index contributed by atoms with van der Waals surface area (Å²) in [5.74, 6) is -1.46. The summed E-state index contributed by atoms with van der Waals surface area (Å²) in [4.78, 5) is 0. The topological polar surface area (TPSA) is 9.23 Å². The van der Waals surface area contributed by atoms with E-state index < -0.39 is 11.6 Å². The molecule has 0 radical (unpaired) electrons. The van der Waals surface area contributed by atoms with Crippen LogP contribution in [0.4, 0.5) is 8.78 Å². The molecule has 0 bridgehead atoms. The van der Waals surface area contributed by atoms with Gasteiger partial charge in [0, 0.05) is 12.1 Å². The number of hydrogen-bond acceptors (Lipinski definition) is 1. The van der Waals surface area contributed by atoms with Gasteiger partial charge < -0.3 is 4.74 Å². The van der Waals surface area contributed by atoms with E-state index in [-0.39, 0.29) is 10.8 Å². The second-order valence-electron chi connectivity index (χ2n) is 2.13. The van der Waals surface area contributed by atoms with Crippen molar-refractivity contribution in [3.8, 4) is 5.75 Å². The minimum Gasteiger partial charge on any atom is -0.492 e. The van der Waals surface area contributed by atoms with Crippen molar-refractivity contribution in [3.63, 3.8) is 0 Å². The van der Waals surface area contributed by atoms with Gasteiger partial charge in [-0.3, -0.25) is 0 Å². The molecule has 1 aromatic rings. The molecular weight excluding hydrogens is 186 g/mol. The van der Waals surface area contributed by atoms with Gasteiger partial charge in [-0.05, 0) is 6.92 Å². The SMILES string of the molecule is CCOc1cc(F)cc(F)c1Cl. The lowest BCUT2D eigenvalue weighted by atomic mass is 10.3. The summed E-state index contributed by atoms with van der Waals surface area (Å²) in [5, 5.41) is -0.182. The quantitative estimate of drug-likeness (QED) is 0.655. The predicted molar refractivity (Wildman–Crippen MR) is 42.5 cm³/mol. The minimum atomic E-state index is -0.805. The third-order valence-corrected chi connectivity index (χ3v) is 1.63. The van der Waals surface area contributed by atoms with Gasteiger partial charge in [-0.2, -0.15) is 0 Å². The van der Waals surface area contributed by atoms with E-state index in [0.29, 0.717) is 12.7 Å². The first kappa shape index (κ1) is 9.26. The Morgan fingerprint density at radius 3 is 2.67 bits per heavy atom. The van der Waals surface area contributed by atoms with Crippen molar-refractivity contribution in [3.05, 3.63) is 28.8 Å². The second-order valence-corrected chi connectivity index (χ2v) is 2.51. The summed E-state index contributed by atoms with van der Waals surface area (Å²) in [6, 6.07) is 1.76. The molecule has 66 valence electrons. The number of ether oxygens (including phenoxy) is 1. The van der Waals surface area contributed by atoms with Gasteiger partial charge in [0.1, 0.15) is 22.4 Å². The van der Waals surface area contributed by atoms with Gasteiger partial charge in [-0.15, -0.1) is 0 Å². The van der Waals surface area contributed by atoms with Crippen LogP contribution in [0, 0.1) is 11.6 Å². The van der Waals surface area contributed by atoms with E-state index in [2.05, 4.69) is 0 Å². The van der Waals surface area contributed by atoms with Crippen LogP contribution in [-0.2, 0) is 0 Å². The Morgan fingerprint density at radius 1 is 1.42 bits per heavy atom. The summed E-state index contributed by atoms with van der Waals surface area (Å²) in [5.41, 5.74) is 0. The van der Waals surface area contributed by atoms with Crippen molar-refractivity contribution in [1.82, 2.24) is 0 Å². The van der Waals surface area contributed by atoms with Crippen LogP contribution in [0.15, 0.2) is 12.1 Å². The van der Waals surface area contributed by atoms with Crippen LogP contribution < -0.4 is 4.74 Å². The maximum atomic E-state index is 12.7. The second kappa shape index (κ2) is 3.72. The van der Waals surface area contributed by atoms with E-state index >= 15 is 0 Å². The molecule has 0 spiro atoms. The van der Waals surface area contributed by atoms with Crippen LogP contribution >= 0.6 is 11.6 Å². The normalized spacial score (nSPS) is 10.0. The molecule has 0 saturated carbocycles. The zero-order chi connectivity index (χ0) is 9.14. The summed E-state index contributed by atoms with van der Waals surface area (Å²) in [6.07, 6.45) is 0. The molecule has 0 heterocycles. The van der Waals surface area contributed by atoms with E-state index in [4.69, 9.17) is 16.3 Å². The number of rotatable bonds is 2. The Hall–Kier alpha value is -0.830. The molecular formula is C8H7ClF2O. The van der Waals surface area contributed by atoms with Crippen molar-refractivity contribution in [2.45, 2.75) is 6.92 Å². The van der Waals surface area contributed by atoms with Crippen LogP contribution in [-0.4, -0.2) is 6.61 Å². The highest BCUT2D eigenvalue weighted by atomic mass is 35.5. The van der Waals surface area contributed by atoms with Gasteiger partial charge in [-0.25, -0.2) is 8.78 Å². The molecule has 0 saturated heterocycles. The fraction of sp³-hybridized carbons (Fsp3) is 0.250.